The lowest BCUT2D eigenvalue weighted by atomic mass is 9.98. The number of aromatic nitrogens is 2. The van der Waals surface area contributed by atoms with Gasteiger partial charge in [0, 0.05) is 24.4 Å². The van der Waals surface area contributed by atoms with Crippen LogP contribution in [0.25, 0.3) is 0 Å². The molecular formula is C22H30N2O7S. The number of hydrogen-bond donors (Lipinski definition) is 0. The molecule has 10 heteroatoms. The van der Waals surface area contributed by atoms with Crippen molar-refractivity contribution in [2.24, 2.45) is 12.5 Å². The highest BCUT2D eigenvalue weighted by Crippen LogP contribution is 2.33. The number of sulfone groups is 1. The van der Waals surface area contributed by atoms with E-state index in [1.807, 2.05) is 6.92 Å². The molecule has 0 aliphatic carbocycles. The molecule has 32 heavy (non-hydrogen) atoms. The summed E-state index contributed by atoms with van der Waals surface area (Å²) in [4.78, 5) is 25.3. The van der Waals surface area contributed by atoms with Crippen LogP contribution in [0.1, 0.15) is 55.6 Å². The summed E-state index contributed by atoms with van der Waals surface area (Å²) in [6.07, 6.45) is 3.11. The van der Waals surface area contributed by atoms with Crippen molar-refractivity contribution < 1.29 is 32.2 Å². The second kappa shape index (κ2) is 9.72. The van der Waals surface area contributed by atoms with Crippen LogP contribution in [0.15, 0.2) is 23.2 Å². The minimum atomic E-state index is -3.56. The van der Waals surface area contributed by atoms with Crippen molar-refractivity contribution in [2.45, 2.75) is 45.9 Å². The number of ether oxygens (including phenoxy) is 3. The van der Waals surface area contributed by atoms with Crippen LogP contribution in [0.2, 0.25) is 0 Å². The Morgan fingerprint density at radius 2 is 1.78 bits per heavy atom. The first-order valence-electron chi connectivity index (χ1n) is 10.1. The van der Waals surface area contributed by atoms with E-state index >= 15 is 0 Å². The van der Waals surface area contributed by atoms with Crippen LogP contribution in [-0.2, 0) is 26.4 Å². The van der Waals surface area contributed by atoms with E-state index in [1.165, 1.54) is 23.0 Å². The number of carbonyl (C=O) groups excluding carboxylic acids is 2. The number of rotatable bonds is 9. The number of benzene rings is 1. The standard InChI is InChI=1S/C22H30N2O7S/c1-8-11-29-19-14(2)15(9-10-17(19)32(7,27)28)18(25)16-12-23-24(6)20(16)30-13-31-21(26)22(3,4)5/h9-10,12H,8,11,13H2,1-7H3. The third-order valence-corrected chi connectivity index (χ3v) is 5.71. The molecule has 0 fully saturated rings. The number of ketones is 1. The van der Waals surface area contributed by atoms with E-state index in [2.05, 4.69) is 5.10 Å². The highest BCUT2D eigenvalue weighted by molar-refractivity contribution is 7.90. The van der Waals surface area contributed by atoms with Crippen molar-refractivity contribution in [1.82, 2.24) is 9.78 Å². The lowest BCUT2D eigenvalue weighted by Crippen LogP contribution is -2.25. The van der Waals surface area contributed by atoms with Gasteiger partial charge in [0.2, 0.25) is 12.7 Å². The molecule has 9 nitrogen and oxygen atoms in total. The van der Waals surface area contributed by atoms with Gasteiger partial charge in [-0.3, -0.25) is 9.59 Å². The van der Waals surface area contributed by atoms with Gasteiger partial charge in [0.25, 0.3) is 0 Å². The van der Waals surface area contributed by atoms with Crippen molar-refractivity contribution >= 4 is 21.6 Å². The second-order valence-corrected chi connectivity index (χ2v) is 10.4. The fourth-order valence-electron chi connectivity index (χ4n) is 2.84. The fraction of sp³-hybridized carbons (Fsp3) is 0.500. The number of nitrogens with zero attached hydrogens (tertiary/aromatic N) is 2. The lowest BCUT2D eigenvalue weighted by Gasteiger charge is -2.17. The maximum absolute atomic E-state index is 13.3. The molecule has 1 heterocycles. The van der Waals surface area contributed by atoms with Crippen molar-refractivity contribution in [3.05, 3.63) is 35.0 Å². The van der Waals surface area contributed by atoms with Gasteiger partial charge in [0.1, 0.15) is 16.2 Å². The highest BCUT2D eigenvalue weighted by Gasteiger charge is 2.27. The first-order chi connectivity index (χ1) is 14.8. The normalized spacial score (nSPS) is 11.8. The molecule has 2 aromatic rings. The van der Waals surface area contributed by atoms with Gasteiger partial charge in [0.05, 0.1) is 18.2 Å². The molecule has 0 atom stereocenters. The van der Waals surface area contributed by atoms with Crippen molar-refractivity contribution in [3.8, 4) is 11.6 Å². The third kappa shape index (κ3) is 5.67. The molecule has 0 aliphatic rings. The summed E-state index contributed by atoms with van der Waals surface area (Å²) in [6, 6.07) is 2.81. The Balaban J connectivity index is 2.39. The zero-order valence-electron chi connectivity index (χ0n) is 19.5. The van der Waals surface area contributed by atoms with E-state index in [0.717, 1.165) is 6.26 Å². The topological polar surface area (TPSA) is 114 Å². The summed E-state index contributed by atoms with van der Waals surface area (Å²) in [7, 11) is -1.97. The lowest BCUT2D eigenvalue weighted by molar-refractivity contribution is -0.159. The van der Waals surface area contributed by atoms with E-state index in [4.69, 9.17) is 14.2 Å². The molecule has 0 N–H and O–H groups in total. The zero-order valence-corrected chi connectivity index (χ0v) is 20.3. The monoisotopic (exact) mass is 466 g/mol. The molecule has 0 saturated carbocycles. The average molecular weight is 467 g/mol. The second-order valence-electron chi connectivity index (χ2n) is 8.45. The molecule has 1 aromatic heterocycles. The predicted octanol–water partition coefficient (Wildman–Crippen LogP) is 3.08. The number of hydrogen-bond acceptors (Lipinski definition) is 8. The highest BCUT2D eigenvalue weighted by atomic mass is 32.2. The van der Waals surface area contributed by atoms with E-state index in [0.29, 0.717) is 18.6 Å². The summed E-state index contributed by atoms with van der Waals surface area (Å²) >= 11 is 0. The quantitative estimate of drug-likeness (QED) is 0.315. The first kappa shape index (κ1) is 25.4. The van der Waals surface area contributed by atoms with Crippen molar-refractivity contribution in [1.29, 1.82) is 0 Å². The minimum Gasteiger partial charge on any atom is -0.492 e. The number of esters is 1. The summed E-state index contributed by atoms with van der Waals surface area (Å²) < 4.78 is 42.1. The SMILES string of the molecule is CCCOc1c(S(C)(=O)=O)ccc(C(=O)c2cnn(C)c2OCOC(=O)C(C)(C)C)c1C. The molecule has 0 amide bonds. The summed E-state index contributed by atoms with van der Waals surface area (Å²) in [5.41, 5.74) is 0.117. The fourth-order valence-corrected chi connectivity index (χ4v) is 3.71. The summed E-state index contributed by atoms with van der Waals surface area (Å²) in [5, 5.41) is 4.07. The Bertz CT molecular complexity index is 1110. The molecule has 0 bridgehead atoms. The number of aryl methyl sites for hydroxylation is 1. The Labute approximate surface area is 188 Å². The van der Waals surface area contributed by atoms with Crippen molar-refractivity contribution in [3.63, 3.8) is 0 Å². The van der Waals surface area contributed by atoms with Gasteiger partial charge in [-0.15, -0.1) is 0 Å². The maximum atomic E-state index is 13.3. The van der Waals surface area contributed by atoms with Gasteiger partial charge in [-0.2, -0.15) is 5.10 Å². The maximum Gasteiger partial charge on any atom is 0.314 e. The third-order valence-electron chi connectivity index (χ3n) is 4.59. The molecule has 2 rings (SSSR count). The van der Waals surface area contributed by atoms with E-state index in [-0.39, 0.29) is 34.4 Å². The van der Waals surface area contributed by atoms with E-state index in [9.17, 15) is 18.0 Å². The zero-order chi connectivity index (χ0) is 24.3. The Hall–Kier alpha value is -2.88. The van der Waals surface area contributed by atoms with E-state index in [1.54, 1.807) is 34.7 Å². The van der Waals surface area contributed by atoms with Crippen LogP contribution >= 0.6 is 0 Å². The van der Waals surface area contributed by atoms with Crippen LogP contribution in [0.5, 0.6) is 11.6 Å². The van der Waals surface area contributed by atoms with Crippen LogP contribution in [0.3, 0.4) is 0 Å². The Kier molecular flexibility index (Phi) is 7.71. The summed E-state index contributed by atoms with van der Waals surface area (Å²) in [5.74, 6) is -0.586. The molecule has 176 valence electrons. The van der Waals surface area contributed by atoms with Crippen LogP contribution in [0.4, 0.5) is 0 Å². The van der Waals surface area contributed by atoms with Gasteiger partial charge >= 0.3 is 5.97 Å². The summed E-state index contributed by atoms with van der Waals surface area (Å²) in [6.45, 7) is 8.61. The molecule has 1 aromatic carbocycles. The van der Waals surface area contributed by atoms with Crippen LogP contribution in [-0.4, -0.2) is 49.6 Å². The van der Waals surface area contributed by atoms with Crippen molar-refractivity contribution in [2.75, 3.05) is 19.7 Å². The predicted molar refractivity (Wildman–Crippen MR) is 118 cm³/mol. The van der Waals surface area contributed by atoms with Gasteiger partial charge in [-0.05, 0) is 46.2 Å². The molecular weight excluding hydrogens is 436 g/mol. The average Bonchev–Trinajstić information content (AvgIpc) is 3.05. The van der Waals surface area contributed by atoms with Crippen LogP contribution < -0.4 is 9.47 Å². The Morgan fingerprint density at radius 1 is 1.12 bits per heavy atom. The van der Waals surface area contributed by atoms with E-state index < -0.39 is 27.0 Å². The van der Waals surface area contributed by atoms with Gasteiger partial charge < -0.3 is 14.2 Å². The minimum absolute atomic E-state index is 0.0248. The smallest absolute Gasteiger partial charge is 0.314 e. The molecule has 0 aliphatic heterocycles. The van der Waals surface area contributed by atoms with Gasteiger partial charge in [0.15, 0.2) is 15.6 Å². The van der Waals surface area contributed by atoms with Crippen LogP contribution in [0, 0.1) is 12.3 Å². The van der Waals surface area contributed by atoms with Gasteiger partial charge in [-0.1, -0.05) is 6.92 Å². The Morgan fingerprint density at radius 3 is 2.34 bits per heavy atom. The molecule has 0 spiro atoms. The van der Waals surface area contributed by atoms with Gasteiger partial charge in [-0.25, -0.2) is 13.1 Å². The molecule has 0 radical (unpaired) electrons. The first-order valence-corrected chi connectivity index (χ1v) is 12.0. The number of carbonyl (C=O) groups is 2. The molecule has 0 saturated heterocycles. The molecule has 0 unspecified atom stereocenters. The largest absolute Gasteiger partial charge is 0.492 e.